The minimum Gasteiger partial charge on any atom is -0.506 e. The van der Waals surface area contributed by atoms with Gasteiger partial charge in [0.05, 0.1) is 9.72 Å². The number of hydrogen-bond acceptors (Lipinski definition) is 2. The van der Waals surface area contributed by atoms with Crippen molar-refractivity contribution < 1.29 is 5.11 Å². The fourth-order valence-corrected chi connectivity index (χ4v) is 2.37. The topological polar surface area (TPSA) is 20.2 Å². The van der Waals surface area contributed by atoms with Crippen LogP contribution in [0.3, 0.4) is 0 Å². The highest BCUT2D eigenvalue weighted by Crippen LogP contribution is 2.37. The number of hydrogen-bond donors (Lipinski definition) is 1. The van der Waals surface area contributed by atoms with Crippen LogP contribution in [-0.4, -0.2) is 5.11 Å². The maximum Gasteiger partial charge on any atom is 0.134 e. The van der Waals surface area contributed by atoms with Crippen molar-refractivity contribution in [3.8, 4) is 5.75 Å². The largest absolute Gasteiger partial charge is 0.506 e. The molecule has 1 nitrogen and oxygen atoms in total. The highest BCUT2D eigenvalue weighted by molar-refractivity contribution is 7.18. The highest BCUT2D eigenvalue weighted by atomic mass is 35.5. The van der Waals surface area contributed by atoms with Gasteiger partial charge >= 0.3 is 0 Å². The zero-order chi connectivity index (χ0) is 8.72. The van der Waals surface area contributed by atoms with Crippen molar-refractivity contribution in [2.75, 3.05) is 0 Å². The second-order valence-electron chi connectivity index (χ2n) is 2.69. The van der Waals surface area contributed by atoms with Gasteiger partial charge in [-0.05, 0) is 18.6 Å². The maximum absolute atomic E-state index is 9.38. The lowest BCUT2D eigenvalue weighted by atomic mass is 10.2. The third kappa shape index (κ3) is 0.993. The number of rotatable bonds is 0. The molecule has 0 bridgehead atoms. The zero-order valence-electron chi connectivity index (χ0n) is 6.47. The molecule has 0 atom stereocenters. The summed E-state index contributed by atoms with van der Waals surface area (Å²) in [6.07, 6.45) is 0. The second kappa shape index (κ2) is 2.64. The van der Waals surface area contributed by atoms with Crippen LogP contribution in [0.1, 0.15) is 5.56 Å². The predicted octanol–water partition coefficient (Wildman–Crippen LogP) is 3.57. The number of fused-ring (bicyclic) bond motifs is 1. The molecule has 1 heterocycles. The molecule has 0 amide bonds. The van der Waals surface area contributed by atoms with Crippen LogP contribution in [0.4, 0.5) is 0 Å². The molecular formula is C9H7ClOS. The van der Waals surface area contributed by atoms with Crippen LogP contribution in [0.25, 0.3) is 10.1 Å². The summed E-state index contributed by atoms with van der Waals surface area (Å²) in [7, 11) is 0. The Labute approximate surface area is 79.2 Å². The smallest absolute Gasteiger partial charge is 0.134 e. The van der Waals surface area contributed by atoms with Crippen molar-refractivity contribution in [1.29, 1.82) is 0 Å². The number of benzene rings is 1. The van der Waals surface area contributed by atoms with Crippen LogP contribution >= 0.6 is 22.9 Å². The molecule has 3 heteroatoms. The van der Waals surface area contributed by atoms with Gasteiger partial charge in [-0.25, -0.2) is 0 Å². The van der Waals surface area contributed by atoms with Crippen LogP contribution in [-0.2, 0) is 0 Å². The van der Waals surface area contributed by atoms with Crippen LogP contribution in [0.5, 0.6) is 5.75 Å². The Bertz CT molecular complexity index is 433. The lowest BCUT2D eigenvalue weighted by molar-refractivity contribution is 0.483. The van der Waals surface area contributed by atoms with E-state index in [0.717, 1.165) is 20.7 Å². The molecule has 0 saturated carbocycles. The molecule has 1 aromatic carbocycles. The molecule has 0 saturated heterocycles. The Morgan fingerprint density at radius 1 is 1.42 bits per heavy atom. The monoisotopic (exact) mass is 198 g/mol. The van der Waals surface area contributed by atoms with Gasteiger partial charge in [-0.1, -0.05) is 17.7 Å². The molecule has 0 radical (unpaired) electrons. The second-order valence-corrected chi connectivity index (χ2v) is 3.95. The van der Waals surface area contributed by atoms with Gasteiger partial charge in [-0.15, -0.1) is 11.3 Å². The Balaban J connectivity index is 2.93. The fourth-order valence-electron chi connectivity index (χ4n) is 1.15. The summed E-state index contributed by atoms with van der Waals surface area (Å²) >= 11 is 7.51. The predicted molar refractivity (Wildman–Crippen MR) is 53.2 cm³/mol. The van der Waals surface area contributed by atoms with E-state index < -0.39 is 0 Å². The zero-order valence-corrected chi connectivity index (χ0v) is 8.04. The molecular weight excluding hydrogens is 192 g/mol. The Hall–Kier alpha value is -0.730. The molecule has 1 N–H and O–H groups in total. The molecule has 0 aliphatic carbocycles. The molecule has 2 aromatic rings. The summed E-state index contributed by atoms with van der Waals surface area (Å²) in [4.78, 5) is 0. The van der Waals surface area contributed by atoms with E-state index in [1.807, 2.05) is 19.1 Å². The van der Waals surface area contributed by atoms with E-state index in [2.05, 4.69) is 0 Å². The summed E-state index contributed by atoms with van der Waals surface area (Å²) < 4.78 is 0.967. The van der Waals surface area contributed by atoms with Crippen molar-refractivity contribution >= 4 is 33.0 Å². The van der Waals surface area contributed by atoms with Crippen molar-refractivity contribution in [1.82, 2.24) is 0 Å². The number of aryl methyl sites for hydroxylation is 1. The van der Waals surface area contributed by atoms with Crippen molar-refractivity contribution in [2.24, 2.45) is 0 Å². The van der Waals surface area contributed by atoms with E-state index >= 15 is 0 Å². The first-order valence-corrected chi connectivity index (χ1v) is 4.81. The van der Waals surface area contributed by atoms with E-state index in [4.69, 9.17) is 11.6 Å². The van der Waals surface area contributed by atoms with Gasteiger partial charge in [0.15, 0.2) is 0 Å². The number of aromatic hydroxyl groups is 1. The van der Waals surface area contributed by atoms with Crippen molar-refractivity contribution in [2.45, 2.75) is 6.92 Å². The molecule has 0 aliphatic rings. The standard InChI is InChI=1S/C9H7ClOS/c1-5-2-3-6-7(11)4-12-9(6)8(5)10/h2-4,11H,1H3. The fraction of sp³-hybridized carbons (Fsp3) is 0.111. The summed E-state index contributed by atoms with van der Waals surface area (Å²) in [5.74, 6) is 0.317. The van der Waals surface area contributed by atoms with Crippen LogP contribution in [0.2, 0.25) is 5.02 Å². The minimum atomic E-state index is 0.317. The molecule has 0 spiro atoms. The molecule has 12 heavy (non-hydrogen) atoms. The summed E-state index contributed by atoms with van der Waals surface area (Å²) in [5.41, 5.74) is 1.05. The lowest BCUT2D eigenvalue weighted by Crippen LogP contribution is -1.73. The number of halogens is 1. The van der Waals surface area contributed by atoms with Crippen molar-refractivity contribution in [3.05, 3.63) is 28.1 Å². The van der Waals surface area contributed by atoms with Gasteiger partial charge in [-0.3, -0.25) is 0 Å². The van der Waals surface area contributed by atoms with E-state index in [1.54, 1.807) is 5.38 Å². The average Bonchev–Trinajstić information content (AvgIpc) is 2.41. The third-order valence-electron chi connectivity index (χ3n) is 1.85. The SMILES string of the molecule is Cc1ccc2c(O)csc2c1Cl. The van der Waals surface area contributed by atoms with Gasteiger partial charge in [0, 0.05) is 10.8 Å². The van der Waals surface area contributed by atoms with E-state index in [-0.39, 0.29) is 0 Å². The van der Waals surface area contributed by atoms with Gasteiger partial charge < -0.3 is 5.11 Å². The summed E-state index contributed by atoms with van der Waals surface area (Å²) in [6, 6.07) is 3.81. The summed E-state index contributed by atoms with van der Waals surface area (Å²) in [5, 5.41) is 12.7. The Kier molecular flexibility index (Phi) is 1.74. The first kappa shape index (κ1) is 7.90. The molecule has 0 unspecified atom stereocenters. The first-order valence-electron chi connectivity index (χ1n) is 3.55. The first-order chi connectivity index (χ1) is 5.70. The van der Waals surface area contributed by atoms with Gasteiger partial charge in [0.2, 0.25) is 0 Å². The quantitative estimate of drug-likeness (QED) is 0.686. The van der Waals surface area contributed by atoms with Crippen LogP contribution < -0.4 is 0 Å². The van der Waals surface area contributed by atoms with Gasteiger partial charge in [0.25, 0.3) is 0 Å². The molecule has 2 rings (SSSR count). The normalized spacial score (nSPS) is 10.8. The Morgan fingerprint density at radius 2 is 2.17 bits per heavy atom. The van der Waals surface area contributed by atoms with Gasteiger partial charge in [0.1, 0.15) is 5.75 Å². The summed E-state index contributed by atoms with van der Waals surface area (Å²) in [6.45, 7) is 1.96. The lowest BCUT2D eigenvalue weighted by Gasteiger charge is -1.97. The van der Waals surface area contributed by atoms with Crippen LogP contribution in [0.15, 0.2) is 17.5 Å². The van der Waals surface area contributed by atoms with Crippen molar-refractivity contribution in [3.63, 3.8) is 0 Å². The average molecular weight is 199 g/mol. The van der Waals surface area contributed by atoms with E-state index in [0.29, 0.717) is 5.75 Å². The maximum atomic E-state index is 9.38. The third-order valence-corrected chi connectivity index (χ3v) is 3.45. The molecule has 62 valence electrons. The minimum absolute atomic E-state index is 0.317. The van der Waals surface area contributed by atoms with Gasteiger partial charge in [-0.2, -0.15) is 0 Å². The highest BCUT2D eigenvalue weighted by Gasteiger charge is 2.06. The van der Waals surface area contributed by atoms with E-state index in [9.17, 15) is 5.11 Å². The molecule has 0 aliphatic heterocycles. The van der Waals surface area contributed by atoms with Crippen LogP contribution in [0, 0.1) is 6.92 Å². The Morgan fingerprint density at radius 3 is 2.92 bits per heavy atom. The molecule has 1 aromatic heterocycles. The molecule has 0 fully saturated rings. The number of thiophene rings is 1. The van der Waals surface area contributed by atoms with E-state index in [1.165, 1.54) is 11.3 Å².